The van der Waals surface area contributed by atoms with E-state index >= 15 is 0 Å². The lowest BCUT2D eigenvalue weighted by molar-refractivity contribution is -0.137. The van der Waals surface area contributed by atoms with E-state index in [2.05, 4.69) is 9.97 Å². The number of alkyl halides is 3. The third kappa shape index (κ3) is 2.89. The van der Waals surface area contributed by atoms with Gasteiger partial charge in [-0.25, -0.2) is 4.98 Å². The first-order chi connectivity index (χ1) is 8.47. The molecule has 1 atom stereocenters. The molecule has 0 aliphatic rings. The van der Waals surface area contributed by atoms with Crippen molar-refractivity contribution in [3.63, 3.8) is 0 Å². The zero-order valence-electron chi connectivity index (χ0n) is 9.41. The molecule has 1 aromatic carbocycles. The van der Waals surface area contributed by atoms with Crippen LogP contribution in [0.2, 0.25) is 0 Å². The van der Waals surface area contributed by atoms with Crippen LogP contribution in [0.5, 0.6) is 0 Å². The third-order valence-electron chi connectivity index (χ3n) is 2.61. The van der Waals surface area contributed by atoms with Gasteiger partial charge in [-0.3, -0.25) is 0 Å². The highest BCUT2D eigenvalue weighted by molar-refractivity contribution is 5.28. The van der Waals surface area contributed by atoms with Crippen LogP contribution in [-0.2, 0) is 12.6 Å². The maximum atomic E-state index is 12.5. The molecule has 3 N–H and O–H groups in total. The Morgan fingerprint density at radius 1 is 1.33 bits per heavy atom. The lowest BCUT2D eigenvalue weighted by Crippen LogP contribution is -2.15. The number of nitrogens with zero attached hydrogens (tertiary/aromatic N) is 1. The van der Waals surface area contributed by atoms with Gasteiger partial charge in [0.15, 0.2) is 0 Å². The van der Waals surface area contributed by atoms with Crippen molar-refractivity contribution in [1.29, 1.82) is 0 Å². The molecule has 6 heteroatoms. The molecule has 3 nitrogen and oxygen atoms in total. The minimum Gasteiger partial charge on any atom is -0.349 e. The predicted molar refractivity (Wildman–Crippen MR) is 60.7 cm³/mol. The fourth-order valence-electron chi connectivity index (χ4n) is 1.68. The molecular weight excluding hydrogens is 243 g/mol. The molecular formula is C12H12F3N3. The fourth-order valence-corrected chi connectivity index (χ4v) is 1.68. The van der Waals surface area contributed by atoms with Crippen molar-refractivity contribution in [2.75, 3.05) is 0 Å². The van der Waals surface area contributed by atoms with Crippen LogP contribution in [0, 0.1) is 0 Å². The number of rotatable bonds is 3. The second-order valence-electron chi connectivity index (χ2n) is 3.97. The smallest absolute Gasteiger partial charge is 0.349 e. The summed E-state index contributed by atoms with van der Waals surface area (Å²) in [7, 11) is 0. The molecule has 0 fully saturated rings. The van der Waals surface area contributed by atoms with E-state index in [1.165, 1.54) is 6.07 Å². The highest BCUT2D eigenvalue weighted by atomic mass is 19.4. The molecule has 0 saturated heterocycles. The fraction of sp³-hybridized carbons (Fsp3) is 0.250. The van der Waals surface area contributed by atoms with Crippen LogP contribution in [0.15, 0.2) is 36.7 Å². The Morgan fingerprint density at radius 3 is 2.72 bits per heavy atom. The van der Waals surface area contributed by atoms with Gasteiger partial charge in [0.25, 0.3) is 0 Å². The minimum absolute atomic E-state index is 0.369. The average molecular weight is 255 g/mol. The van der Waals surface area contributed by atoms with E-state index in [0.717, 1.165) is 12.1 Å². The maximum Gasteiger partial charge on any atom is 0.416 e. The number of hydrogen-bond donors (Lipinski definition) is 2. The predicted octanol–water partition coefficient (Wildman–Crippen LogP) is 2.67. The van der Waals surface area contributed by atoms with Crippen molar-refractivity contribution >= 4 is 0 Å². The first kappa shape index (κ1) is 12.6. The molecule has 0 spiro atoms. The Bertz CT molecular complexity index is 506. The molecule has 0 aliphatic heterocycles. The van der Waals surface area contributed by atoms with Crippen molar-refractivity contribution in [3.8, 4) is 0 Å². The van der Waals surface area contributed by atoms with Gasteiger partial charge in [0.05, 0.1) is 5.56 Å². The van der Waals surface area contributed by atoms with Gasteiger partial charge in [-0.15, -0.1) is 0 Å². The topological polar surface area (TPSA) is 54.7 Å². The van der Waals surface area contributed by atoms with Crippen LogP contribution in [0.4, 0.5) is 13.2 Å². The molecule has 1 aromatic heterocycles. The maximum absolute atomic E-state index is 12.5. The van der Waals surface area contributed by atoms with Crippen LogP contribution in [0.25, 0.3) is 0 Å². The van der Waals surface area contributed by atoms with E-state index < -0.39 is 17.8 Å². The summed E-state index contributed by atoms with van der Waals surface area (Å²) in [6.07, 6.45) is -0.753. The third-order valence-corrected chi connectivity index (χ3v) is 2.61. The summed E-state index contributed by atoms with van der Waals surface area (Å²) in [5.74, 6) is 0.653. The second-order valence-corrected chi connectivity index (χ2v) is 3.97. The molecule has 0 aliphatic carbocycles. The van der Waals surface area contributed by atoms with E-state index in [0.29, 0.717) is 17.8 Å². The highest BCUT2D eigenvalue weighted by Crippen LogP contribution is 2.30. The number of H-pyrrole nitrogens is 1. The van der Waals surface area contributed by atoms with Crippen LogP contribution in [-0.4, -0.2) is 9.97 Å². The second kappa shape index (κ2) is 4.81. The summed E-state index contributed by atoms with van der Waals surface area (Å²) < 4.78 is 37.6. The van der Waals surface area contributed by atoms with Gasteiger partial charge in [-0.05, 0) is 17.7 Å². The lowest BCUT2D eigenvalue weighted by Gasteiger charge is -2.13. The number of halogens is 3. The number of aromatic nitrogens is 2. The molecule has 1 heterocycles. The van der Waals surface area contributed by atoms with E-state index in [9.17, 15) is 13.2 Å². The highest BCUT2D eigenvalue weighted by Gasteiger charge is 2.30. The van der Waals surface area contributed by atoms with Crippen molar-refractivity contribution in [1.82, 2.24) is 9.97 Å². The van der Waals surface area contributed by atoms with E-state index in [1.54, 1.807) is 18.5 Å². The Labute approximate surface area is 102 Å². The summed E-state index contributed by atoms with van der Waals surface area (Å²) in [6, 6.07) is 4.54. The molecule has 0 bridgehead atoms. The summed E-state index contributed by atoms with van der Waals surface area (Å²) in [4.78, 5) is 6.86. The number of benzene rings is 1. The van der Waals surface area contributed by atoms with Gasteiger partial charge in [0.2, 0.25) is 0 Å². The normalized spacial score (nSPS) is 13.6. The SMILES string of the molecule is NC(Cc1ncc[nH]1)c1cccc(C(F)(F)F)c1. The zero-order valence-corrected chi connectivity index (χ0v) is 9.41. The summed E-state index contributed by atoms with van der Waals surface area (Å²) in [5, 5.41) is 0. The number of nitrogens with two attached hydrogens (primary N) is 1. The van der Waals surface area contributed by atoms with Crippen LogP contribution in [0.1, 0.15) is 23.0 Å². The quantitative estimate of drug-likeness (QED) is 0.885. The summed E-state index contributed by atoms with van der Waals surface area (Å²) in [6.45, 7) is 0. The van der Waals surface area contributed by atoms with Crippen molar-refractivity contribution < 1.29 is 13.2 Å². The Hall–Kier alpha value is -1.82. The largest absolute Gasteiger partial charge is 0.416 e. The van der Waals surface area contributed by atoms with Crippen LogP contribution in [0.3, 0.4) is 0 Å². The van der Waals surface area contributed by atoms with E-state index in [-0.39, 0.29) is 0 Å². The molecule has 2 aromatic rings. The van der Waals surface area contributed by atoms with Gasteiger partial charge in [0.1, 0.15) is 5.82 Å². The number of aromatic amines is 1. The van der Waals surface area contributed by atoms with Crippen molar-refractivity contribution in [3.05, 3.63) is 53.6 Å². The van der Waals surface area contributed by atoms with Crippen LogP contribution >= 0.6 is 0 Å². The molecule has 0 radical (unpaired) electrons. The van der Waals surface area contributed by atoms with Crippen molar-refractivity contribution in [2.24, 2.45) is 5.73 Å². The standard InChI is InChI=1S/C12H12F3N3/c13-12(14,15)9-3-1-2-8(6-9)10(16)7-11-17-4-5-18-11/h1-6,10H,7,16H2,(H,17,18). The monoisotopic (exact) mass is 255 g/mol. The Balaban J connectivity index is 2.18. The zero-order chi connectivity index (χ0) is 13.2. The Kier molecular flexibility index (Phi) is 3.38. The molecule has 1 unspecified atom stereocenters. The van der Waals surface area contributed by atoms with Crippen molar-refractivity contribution in [2.45, 2.75) is 18.6 Å². The van der Waals surface area contributed by atoms with E-state index in [1.807, 2.05) is 0 Å². The Morgan fingerprint density at radius 2 is 2.11 bits per heavy atom. The van der Waals surface area contributed by atoms with Gasteiger partial charge in [-0.1, -0.05) is 12.1 Å². The molecule has 18 heavy (non-hydrogen) atoms. The molecule has 2 rings (SSSR count). The van der Waals surface area contributed by atoms with Crippen LogP contribution < -0.4 is 5.73 Å². The first-order valence-electron chi connectivity index (χ1n) is 5.38. The lowest BCUT2D eigenvalue weighted by atomic mass is 10.0. The number of imidazole rings is 1. The molecule has 0 saturated carbocycles. The van der Waals surface area contributed by atoms with Gasteiger partial charge in [0, 0.05) is 24.9 Å². The molecule has 0 amide bonds. The van der Waals surface area contributed by atoms with Gasteiger partial charge >= 0.3 is 6.18 Å². The minimum atomic E-state index is -4.35. The number of nitrogens with one attached hydrogen (secondary N) is 1. The summed E-state index contributed by atoms with van der Waals surface area (Å²) >= 11 is 0. The van der Waals surface area contributed by atoms with E-state index in [4.69, 9.17) is 5.73 Å². The van der Waals surface area contributed by atoms with Gasteiger partial charge in [-0.2, -0.15) is 13.2 Å². The number of hydrogen-bond acceptors (Lipinski definition) is 2. The first-order valence-corrected chi connectivity index (χ1v) is 5.38. The molecule has 96 valence electrons. The summed E-state index contributed by atoms with van der Waals surface area (Å²) in [5.41, 5.74) is 5.63. The van der Waals surface area contributed by atoms with Gasteiger partial charge < -0.3 is 10.7 Å². The average Bonchev–Trinajstić information content (AvgIpc) is 2.81.